The van der Waals surface area contributed by atoms with Gasteiger partial charge >= 0.3 is 109 Å². The second kappa shape index (κ2) is 29.7. The molecule has 0 aromatic rings. The molecule has 0 saturated heterocycles. The summed E-state index contributed by atoms with van der Waals surface area (Å²) in [4.78, 5) is 11.0. The van der Waals surface area contributed by atoms with E-state index in [0.29, 0.717) is 5.92 Å². The summed E-state index contributed by atoms with van der Waals surface area (Å²) in [5.74, 6) is 1.48. The number of halogens is 2. The van der Waals surface area contributed by atoms with Gasteiger partial charge in [-0.2, -0.15) is 10.5 Å². The van der Waals surface area contributed by atoms with Gasteiger partial charge in [-0.3, -0.25) is 4.79 Å². The van der Waals surface area contributed by atoms with Gasteiger partial charge in [0, 0.05) is 17.1 Å². The maximum absolute atomic E-state index is 11.0. The van der Waals surface area contributed by atoms with E-state index in [2.05, 4.69) is 44.0 Å². The molecule has 0 radical (unpaired) electrons. The average molecular weight is 771 g/mol. The largest absolute Gasteiger partial charge is 1.00 e. The molecule has 3 N–H and O–H groups in total. The van der Waals surface area contributed by atoms with Crippen molar-refractivity contribution < 1.29 is 124 Å². The van der Waals surface area contributed by atoms with Crippen LogP contribution in [0.3, 0.4) is 0 Å². The van der Waals surface area contributed by atoms with E-state index < -0.39 is 5.97 Å². The number of alkyl halides is 2. The van der Waals surface area contributed by atoms with E-state index in [1.807, 2.05) is 0 Å². The SMILES string of the molecule is BrCCCBr.C.N#CC1(C2CCCCC2)CC1.N#CCC1CCCCC1.O=C(O)C1(C2CCCCC2)CC1.[K+].[K+].[OH-].[OH-]. The molecule has 0 spiro atoms. The standard InChI is InChI=1S/C10H15N.C10H16O2.C8H13N.C3H6Br2.CH4.2K.2H2O/c11-8-10(6-7-10)9-4-2-1-3-5-9;11-9(12)10(6-7-10)8-4-2-1-3-5-8;9-7-6-8-4-2-1-3-5-8;4-2-1-3-5;;;;;/h9H,1-7H2;8H,1-7H2,(H,11,12);8H,1-6H2;1-3H2;1H4;;;2*1H2/q;;;;;2*+1;;/p-2. The number of hydrogen-bond acceptors (Lipinski definition) is 5. The van der Waals surface area contributed by atoms with Crippen LogP contribution in [0, 0.1) is 51.2 Å². The van der Waals surface area contributed by atoms with Crippen LogP contribution in [0.2, 0.25) is 0 Å². The van der Waals surface area contributed by atoms with Crippen molar-refractivity contribution in [2.45, 2.75) is 142 Å². The summed E-state index contributed by atoms with van der Waals surface area (Å²) in [6.45, 7) is 0. The van der Waals surface area contributed by atoms with Crippen molar-refractivity contribution in [2.75, 3.05) is 10.7 Å². The van der Waals surface area contributed by atoms with Crippen LogP contribution in [0.15, 0.2) is 0 Å². The Balaban J connectivity index is -0.000000228. The van der Waals surface area contributed by atoms with Gasteiger partial charge in [0.1, 0.15) is 0 Å². The third-order valence-electron chi connectivity index (χ3n) is 9.37. The first-order valence-corrected chi connectivity index (χ1v) is 17.4. The summed E-state index contributed by atoms with van der Waals surface area (Å²) in [6, 6.07) is 4.76. The number of nitriles is 2. The maximum Gasteiger partial charge on any atom is 1.00 e. The van der Waals surface area contributed by atoms with Gasteiger partial charge in [0.15, 0.2) is 0 Å². The molecule has 42 heavy (non-hydrogen) atoms. The second-order valence-electron chi connectivity index (χ2n) is 12.0. The van der Waals surface area contributed by atoms with Crippen molar-refractivity contribution in [2.24, 2.45) is 28.6 Å². The molecule has 6 nitrogen and oxygen atoms in total. The Hall–Kier alpha value is 2.60. The Kier molecular flexibility index (Phi) is 36.4. The van der Waals surface area contributed by atoms with E-state index in [9.17, 15) is 4.79 Å². The third kappa shape index (κ3) is 18.8. The fourth-order valence-electron chi connectivity index (χ4n) is 6.56. The molecule has 5 aliphatic rings. The molecular weight excluding hydrogens is 714 g/mol. The minimum absolute atomic E-state index is 0. The maximum atomic E-state index is 11.0. The van der Waals surface area contributed by atoms with E-state index in [1.54, 1.807) is 0 Å². The molecule has 234 valence electrons. The van der Waals surface area contributed by atoms with Crippen molar-refractivity contribution in [1.29, 1.82) is 10.5 Å². The molecular formula is C32H56Br2K2N2O4. The van der Waals surface area contributed by atoms with E-state index >= 15 is 0 Å². The van der Waals surface area contributed by atoms with Gasteiger partial charge in [0.05, 0.1) is 23.0 Å². The molecule has 0 unspecified atom stereocenters. The van der Waals surface area contributed by atoms with Crippen molar-refractivity contribution in [3.63, 3.8) is 0 Å². The molecule has 10 heteroatoms. The van der Waals surface area contributed by atoms with E-state index in [-0.39, 0.29) is 132 Å². The number of rotatable bonds is 6. The first-order chi connectivity index (χ1) is 18.0. The Bertz CT molecular complexity index is 736. The van der Waals surface area contributed by atoms with Gasteiger partial charge in [-0.1, -0.05) is 97.1 Å². The first kappa shape index (κ1) is 51.4. The van der Waals surface area contributed by atoms with Crippen molar-refractivity contribution in [1.82, 2.24) is 0 Å². The van der Waals surface area contributed by atoms with Gasteiger partial charge in [-0.15, -0.1) is 0 Å². The normalized spacial score (nSPS) is 21.3. The Morgan fingerprint density at radius 1 is 0.714 bits per heavy atom. The number of hydrogen-bond donors (Lipinski definition) is 1. The number of carboxylic acids is 1. The van der Waals surface area contributed by atoms with Crippen LogP contribution in [0.5, 0.6) is 0 Å². The van der Waals surface area contributed by atoms with Crippen LogP contribution in [0.1, 0.15) is 142 Å². The molecule has 5 rings (SSSR count). The Labute approximate surface area is 359 Å². The van der Waals surface area contributed by atoms with Gasteiger partial charge in [0.25, 0.3) is 0 Å². The minimum atomic E-state index is -0.533. The molecule has 5 saturated carbocycles. The number of carboxylic acid groups (broad SMARTS) is 1. The Morgan fingerprint density at radius 2 is 1.12 bits per heavy atom. The van der Waals surface area contributed by atoms with Gasteiger partial charge < -0.3 is 16.1 Å². The van der Waals surface area contributed by atoms with Gasteiger partial charge in [-0.25, -0.2) is 0 Å². The second-order valence-corrected chi connectivity index (χ2v) is 13.6. The smallest absolute Gasteiger partial charge is 0.870 e. The molecule has 0 bridgehead atoms. The quantitative estimate of drug-likeness (QED) is 0.316. The van der Waals surface area contributed by atoms with Crippen molar-refractivity contribution in [3.05, 3.63) is 0 Å². The average Bonchev–Trinajstić information content (AvgIpc) is 3.87. The van der Waals surface area contributed by atoms with Crippen LogP contribution in [0.4, 0.5) is 0 Å². The summed E-state index contributed by atoms with van der Waals surface area (Å²) >= 11 is 6.56. The molecule has 0 aromatic carbocycles. The van der Waals surface area contributed by atoms with E-state index in [4.69, 9.17) is 15.6 Å². The molecule has 0 heterocycles. The molecule has 0 atom stereocenters. The number of carbonyl (C=O) groups is 1. The minimum Gasteiger partial charge on any atom is -0.870 e. The predicted molar refractivity (Wildman–Crippen MR) is 169 cm³/mol. The fourth-order valence-corrected chi connectivity index (χ4v) is 7.87. The molecule has 0 aromatic heterocycles. The zero-order chi connectivity index (χ0) is 27.0. The van der Waals surface area contributed by atoms with Crippen molar-refractivity contribution in [3.8, 4) is 12.1 Å². The van der Waals surface area contributed by atoms with Gasteiger partial charge in [-0.05, 0) is 88.4 Å². The van der Waals surface area contributed by atoms with E-state index in [0.717, 1.165) is 54.6 Å². The molecule has 0 aliphatic heterocycles. The first-order valence-electron chi connectivity index (χ1n) is 15.1. The van der Waals surface area contributed by atoms with Gasteiger partial charge in [0.2, 0.25) is 0 Å². The monoisotopic (exact) mass is 768 g/mol. The summed E-state index contributed by atoms with van der Waals surface area (Å²) < 4.78 is 0. The third-order valence-corrected chi connectivity index (χ3v) is 10.5. The van der Waals surface area contributed by atoms with Crippen LogP contribution in [-0.2, 0) is 4.79 Å². The summed E-state index contributed by atoms with van der Waals surface area (Å²) in [5, 5.41) is 28.6. The summed E-state index contributed by atoms with van der Waals surface area (Å²) in [7, 11) is 0. The zero-order valence-electron chi connectivity index (χ0n) is 25.9. The number of aliphatic carboxylic acids is 1. The van der Waals surface area contributed by atoms with Crippen LogP contribution >= 0.6 is 31.9 Å². The van der Waals surface area contributed by atoms with E-state index in [1.165, 1.54) is 103 Å². The molecule has 5 fully saturated rings. The fraction of sp³-hybridized carbons (Fsp3) is 0.906. The zero-order valence-corrected chi connectivity index (χ0v) is 35.3. The summed E-state index contributed by atoms with van der Waals surface area (Å²) in [5.41, 5.74) is -0.0964. The number of nitrogens with zero attached hydrogens (tertiary/aromatic N) is 2. The van der Waals surface area contributed by atoms with Crippen LogP contribution in [-0.4, -0.2) is 32.7 Å². The predicted octanol–water partition coefficient (Wildman–Crippen LogP) is 4.24. The van der Waals surface area contributed by atoms with Crippen LogP contribution in [0.25, 0.3) is 0 Å². The van der Waals surface area contributed by atoms with Crippen molar-refractivity contribution >= 4 is 37.8 Å². The molecule has 0 amide bonds. The molecule has 5 aliphatic carbocycles. The topological polar surface area (TPSA) is 145 Å². The Morgan fingerprint density at radius 3 is 1.40 bits per heavy atom. The summed E-state index contributed by atoms with van der Waals surface area (Å²) in [6.07, 6.45) is 25.9. The van der Waals surface area contributed by atoms with Crippen LogP contribution < -0.4 is 103 Å².